The van der Waals surface area contributed by atoms with Gasteiger partial charge in [0.05, 0.1) is 47.9 Å². The summed E-state index contributed by atoms with van der Waals surface area (Å²) in [5, 5.41) is 18.8. The van der Waals surface area contributed by atoms with Crippen LogP contribution in [0.4, 0.5) is 11.6 Å². The molecule has 9 heteroatoms. The summed E-state index contributed by atoms with van der Waals surface area (Å²) in [6.07, 6.45) is 6.00. The summed E-state index contributed by atoms with van der Waals surface area (Å²) in [6.45, 7) is 10.7. The first-order valence-electron chi connectivity index (χ1n) is 11.8. The van der Waals surface area contributed by atoms with E-state index in [-0.39, 0.29) is 0 Å². The van der Waals surface area contributed by atoms with Gasteiger partial charge in [-0.05, 0) is 77.2 Å². The van der Waals surface area contributed by atoms with E-state index in [0.717, 1.165) is 65.4 Å². The summed E-state index contributed by atoms with van der Waals surface area (Å²) in [6, 6.07) is 6.93. The van der Waals surface area contributed by atoms with Crippen molar-refractivity contribution in [2.75, 3.05) is 25.0 Å². The minimum absolute atomic E-state index is 0.338. The van der Waals surface area contributed by atoms with Crippen molar-refractivity contribution in [2.45, 2.75) is 64.1 Å². The van der Waals surface area contributed by atoms with Gasteiger partial charge in [0.15, 0.2) is 0 Å². The number of hydrogen-bond acceptors (Lipinski definition) is 7. The van der Waals surface area contributed by atoms with Crippen LogP contribution in [0, 0.1) is 18.3 Å². The van der Waals surface area contributed by atoms with Crippen LogP contribution in [0.1, 0.15) is 50.8 Å². The quantitative estimate of drug-likeness (QED) is 0.564. The molecule has 0 aliphatic carbocycles. The Kier molecular flexibility index (Phi) is 5.96. The van der Waals surface area contributed by atoms with Gasteiger partial charge in [0.25, 0.3) is 0 Å². The third kappa shape index (κ3) is 4.13. The van der Waals surface area contributed by atoms with Gasteiger partial charge in [-0.2, -0.15) is 10.4 Å². The van der Waals surface area contributed by atoms with Crippen molar-refractivity contribution in [2.24, 2.45) is 0 Å². The summed E-state index contributed by atoms with van der Waals surface area (Å²) in [5.41, 5.74) is 2.92. The zero-order valence-electron chi connectivity index (χ0n) is 20.0. The first-order valence-corrected chi connectivity index (χ1v) is 12.2. The van der Waals surface area contributed by atoms with Gasteiger partial charge in [0.1, 0.15) is 5.54 Å². The fourth-order valence-electron chi connectivity index (χ4n) is 5.02. The number of ether oxygens (including phenoxy) is 1. The maximum atomic E-state index is 9.44. The molecule has 0 bridgehead atoms. The monoisotopic (exact) mass is 479 g/mol. The molecule has 2 saturated heterocycles. The van der Waals surface area contributed by atoms with Gasteiger partial charge in [-0.15, -0.1) is 0 Å². The Morgan fingerprint density at radius 2 is 2.00 bits per heavy atom. The number of hydrogen-bond donors (Lipinski definition) is 1. The van der Waals surface area contributed by atoms with Gasteiger partial charge in [-0.1, -0.05) is 11.6 Å². The van der Waals surface area contributed by atoms with E-state index < -0.39 is 5.54 Å². The lowest BCUT2D eigenvalue weighted by atomic mass is 9.87. The van der Waals surface area contributed by atoms with Crippen LogP contribution in [0.15, 0.2) is 24.5 Å². The predicted molar refractivity (Wildman–Crippen MR) is 132 cm³/mol. The Morgan fingerprint density at radius 1 is 1.24 bits per heavy atom. The molecule has 3 aromatic rings. The van der Waals surface area contributed by atoms with Crippen molar-refractivity contribution >= 4 is 34.1 Å². The molecular weight excluding hydrogens is 450 g/mol. The Balaban J connectivity index is 1.36. The van der Waals surface area contributed by atoms with Crippen molar-refractivity contribution < 1.29 is 4.74 Å². The number of nitriles is 1. The molecule has 0 amide bonds. The standard InChI is InChI=1S/C25H30ClN7O/c1-15-22(12-29-33(15)25(3,4)14-27)31-24-28-11-18-9-20(26)19(10-21(18)30-24)17-5-7-32(8-6-17)23-13-34-16(23)2/h9-12,16-17,23H,5-8,13H2,1-4H3,(H,28,30,31). The topological polar surface area (TPSA) is 91.9 Å². The highest BCUT2D eigenvalue weighted by atomic mass is 35.5. The Bertz CT molecular complexity index is 1260. The number of benzene rings is 1. The minimum atomic E-state index is -0.737. The Morgan fingerprint density at radius 3 is 2.65 bits per heavy atom. The third-order valence-corrected chi connectivity index (χ3v) is 7.60. The molecule has 2 unspecified atom stereocenters. The fourth-order valence-corrected chi connectivity index (χ4v) is 5.35. The SMILES string of the molecule is Cc1c(Nc2ncc3cc(Cl)c(C4CCN(C5COC5C)CC4)cc3n2)cnn1C(C)(C)C#N. The highest BCUT2D eigenvalue weighted by molar-refractivity contribution is 6.32. The van der Waals surface area contributed by atoms with Crippen LogP contribution >= 0.6 is 11.6 Å². The molecule has 2 aliphatic heterocycles. The summed E-state index contributed by atoms with van der Waals surface area (Å²) in [5.74, 6) is 0.913. The molecule has 1 aromatic carbocycles. The molecule has 4 heterocycles. The number of likely N-dealkylation sites (tertiary alicyclic amines) is 1. The number of rotatable bonds is 5. The number of anilines is 2. The van der Waals surface area contributed by atoms with Crippen molar-refractivity contribution in [1.82, 2.24) is 24.6 Å². The normalized spacial score (nSPS) is 21.9. The zero-order chi connectivity index (χ0) is 24.0. The number of nitrogens with zero attached hydrogens (tertiary/aromatic N) is 6. The van der Waals surface area contributed by atoms with E-state index in [0.29, 0.717) is 24.0 Å². The lowest BCUT2D eigenvalue weighted by molar-refractivity contribution is -0.129. The van der Waals surface area contributed by atoms with Gasteiger partial charge in [-0.3, -0.25) is 4.90 Å². The average molecular weight is 480 g/mol. The highest BCUT2D eigenvalue weighted by Crippen LogP contribution is 2.37. The molecule has 1 N–H and O–H groups in total. The zero-order valence-corrected chi connectivity index (χ0v) is 20.8. The number of fused-ring (bicyclic) bond motifs is 1. The summed E-state index contributed by atoms with van der Waals surface area (Å²) >= 11 is 6.70. The molecule has 178 valence electrons. The van der Waals surface area contributed by atoms with E-state index in [4.69, 9.17) is 21.3 Å². The lowest BCUT2D eigenvalue weighted by Gasteiger charge is -2.45. The van der Waals surface area contributed by atoms with Crippen LogP contribution in [0.3, 0.4) is 0 Å². The molecule has 8 nitrogen and oxygen atoms in total. The average Bonchev–Trinajstić information content (AvgIpc) is 3.19. The summed E-state index contributed by atoms with van der Waals surface area (Å²) in [7, 11) is 0. The summed E-state index contributed by atoms with van der Waals surface area (Å²) < 4.78 is 7.26. The van der Waals surface area contributed by atoms with Gasteiger partial charge in [0, 0.05) is 16.6 Å². The van der Waals surface area contributed by atoms with Crippen LogP contribution in [-0.4, -0.2) is 56.5 Å². The van der Waals surface area contributed by atoms with Crippen molar-refractivity contribution in [3.63, 3.8) is 0 Å². The van der Waals surface area contributed by atoms with E-state index >= 15 is 0 Å². The van der Waals surface area contributed by atoms with Crippen LogP contribution in [0.25, 0.3) is 10.9 Å². The third-order valence-electron chi connectivity index (χ3n) is 7.27. The number of aromatic nitrogens is 4. The van der Waals surface area contributed by atoms with E-state index in [2.05, 4.69) is 39.4 Å². The molecule has 2 fully saturated rings. The van der Waals surface area contributed by atoms with Crippen LogP contribution in [-0.2, 0) is 10.3 Å². The Hall–Kier alpha value is -2.73. The molecule has 2 atom stereocenters. The van der Waals surface area contributed by atoms with Gasteiger partial charge < -0.3 is 10.1 Å². The molecule has 2 aliphatic rings. The van der Waals surface area contributed by atoms with E-state index in [1.165, 1.54) is 0 Å². The molecule has 0 saturated carbocycles. The van der Waals surface area contributed by atoms with Crippen molar-refractivity contribution in [3.05, 3.63) is 40.8 Å². The molecule has 5 rings (SSSR count). The molecule has 0 radical (unpaired) electrons. The molecule has 0 spiro atoms. The molecule has 34 heavy (non-hydrogen) atoms. The van der Waals surface area contributed by atoms with Gasteiger partial charge in [-0.25, -0.2) is 14.6 Å². The second kappa shape index (κ2) is 8.81. The van der Waals surface area contributed by atoms with E-state index in [1.54, 1.807) is 17.1 Å². The van der Waals surface area contributed by atoms with Crippen molar-refractivity contribution in [1.29, 1.82) is 5.26 Å². The van der Waals surface area contributed by atoms with E-state index in [9.17, 15) is 5.26 Å². The fraction of sp³-hybridized carbons (Fsp3) is 0.520. The van der Waals surface area contributed by atoms with Crippen molar-refractivity contribution in [3.8, 4) is 6.07 Å². The predicted octanol–water partition coefficient (Wildman–Crippen LogP) is 4.76. The highest BCUT2D eigenvalue weighted by Gasteiger charge is 2.36. The smallest absolute Gasteiger partial charge is 0.227 e. The maximum Gasteiger partial charge on any atom is 0.227 e. The minimum Gasteiger partial charge on any atom is -0.375 e. The van der Waals surface area contributed by atoms with E-state index in [1.807, 2.05) is 26.8 Å². The number of halogens is 1. The second-order valence-corrected chi connectivity index (χ2v) is 10.3. The summed E-state index contributed by atoms with van der Waals surface area (Å²) in [4.78, 5) is 11.8. The number of piperidine rings is 1. The molecule has 2 aromatic heterocycles. The number of nitrogens with one attached hydrogen (secondary N) is 1. The molecular formula is C25H30ClN7O. The van der Waals surface area contributed by atoms with Crippen LogP contribution in [0.2, 0.25) is 5.02 Å². The van der Waals surface area contributed by atoms with Crippen LogP contribution < -0.4 is 5.32 Å². The maximum absolute atomic E-state index is 9.44. The largest absolute Gasteiger partial charge is 0.375 e. The van der Waals surface area contributed by atoms with Gasteiger partial charge in [0.2, 0.25) is 5.95 Å². The van der Waals surface area contributed by atoms with Crippen LogP contribution in [0.5, 0.6) is 0 Å². The second-order valence-electron chi connectivity index (χ2n) is 9.89. The lowest BCUT2D eigenvalue weighted by Crippen LogP contribution is -2.56. The first kappa shape index (κ1) is 23.0. The first-order chi connectivity index (χ1) is 16.3. The Labute approximate surface area is 204 Å². The van der Waals surface area contributed by atoms with Gasteiger partial charge >= 0.3 is 0 Å².